The molecule has 1 aromatic heterocycles. The lowest BCUT2D eigenvalue weighted by molar-refractivity contribution is -0.123. The third kappa shape index (κ3) is 3.24. The van der Waals surface area contributed by atoms with Crippen molar-refractivity contribution in [2.75, 3.05) is 23.4 Å². The molecule has 0 saturated carbocycles. The number of rotatable bonds is 3. The quantitative estimate of drug-likeness (QED) is 0.562. The van der Waals surface area contributed by atoms with Crippen LogP contribution < -0.4 is 21.5 Å². The number of nitrogens with zero attached hydrogens (tertiary/aromatic N) is 3. The maximum Gasteiger partial charge on any atom is 0.242 e. The summed E-state index contributed by atoms with van der Waals surface area (Å²) in [5, 5.41) is 2.89. The second kappa shape index (κ2) is 5.85. The Hall–Kier alpha value is -1.89. The van der Waals surface area contributed by atoms with Gasteiger partial charge in [0.25, 0.3) is 0 Å². The predicted molar refractivity (Wildman–Crippen MR) is 83.0 cm³/mol. The summed E-state index contributed by atoms with van der Waals surface area (Å²) in [4.78, 5) is 23.1. The van der Waals surface area contributed by atoms with Gasteiger partial charge in [0, 0.05) is 24.6 Å². The van der Waals surface area contributed by atoms with Crippen LogP contribution in [0, 0.1) is 0 Å². The molecule has 0 aromatic carbocycles. The molecular weight excluding hydrogens is 268 g/mol. The molecule has 0 spiro atoms. The Bertz CT molecular complexity index is 525. The summed E-state index contributed by atoms with van der Waals surface area (Å²) in [6.45, 7) is 9.49. The molecule has 1 aliphatic rings. The lowest BCUT2D eigenvalue weighted by Crippen LogP contribution is -2.55. The van der Waals surface area contributed by atoms with E-state index in [1.165, 1.54) is 0 Å². The van der Waals surface area contributed by atoms with Crippen molar-refractivity contribution in [3.05, 3.63) is 11.9 Å². The summed E-state index contributed by atoms with van der Waals surface area (Å²) in [5.41, 5.74) is 2.39. The molecule has 4 N–H and O–H groups in total. The van der Waals surface area contributed by atoms with Crippen molar-refractivity contribution in [2.24, 2.45) is 5.84 Å². The number of piperazine rings is 1. The summed E-state index contributed by atoms with van der Waals surface area (Å²) >= 11 is 0. The summed E-state index contributed by atoms with van der Waals surface area (Å²) in [6.07, 6.45) is 0.728. The normalized spacial score (nSPS) is 19.4. The maximum atomic E-state index is 12.0. The van der Waals surface area contributed by atoms with Crippen molar-refractivity contribution in [1.82, 2.24) is 15.3 Å². The highest BCUT2D eigenvalue weighted by Gasteiger charge is 2.30. The number of carbonyl (C=O) groups is 1. The zero-order chi connectivity index (χ0) is 15.6. The van der Waals surface area contributed by atoms with Gasteiger partial charge in [-0.1, -0.05) is 27.7 Å². The standard InChI is InChI=1S/C14H24N6O/c1-5-9-12(21)16-6-7-20(9)11-8-10(19-15)17-13(18-11)14(2,3)4/h8-9H,5-7,15H2,1-4H3,(H,16,21)(H,17,18,19). The number of amides is 1. The summed E-state index contributed by atoms with van der Waals surface area (Å²) < 4.78 is 0. The van der Waals surface area contributed by atoms with Gasteiger partial charge in [-0.25, -0.2) is 15.8 Å². The summed E-state index contributed by atoms with van der Waals surface area (Å²) in [5.74, 6) is 7.56. The minimum atomic E-state index is -0.202. The minimum absolute atomic E-state index is 0.0435. The zero-order valence-corrected chi connectivity index (χ0v) is 13.1. The molecule has 0 bridgehead atoms. The molecule has 1 aliphatic heterocycles. The number of nitrogen functional groups attached to an aromatic ring is 1. The molecule has 2 rings (SSSR count). The number of hydrogen-bond acceptors (Lipinski definition) is 6. The molecule has 1 aromatic rings. The van der Waals surface area contributed by atoms with Crippen LogP contribution in [-0.4, -0.2) is 35.0 Å². The highest BCUT2D eigenvalue weighted by atomic mass is 16.2. The van der Waals surface area contributed by atoms with Gasteiger partial charge in [0.05, 0.1) is 0 Å². The van der Waals surface area contributed by atoms with E-state index in [0.717, 1.165) is 18.8 Å². The number of carbonyl (C=O) groups excluding carboxylic acids is 1. The Morgan fingerprint density at radius 2 is 2.19 bits per heavy atom. The van der Waals surface area contributed by atoms with Crippen LogP contribution in [-0.2, 0) is 10.2 Å². The highest BCUT2D eigenvalue weighted by Crippen LogP contribution is 2.26. The van der Waals surface area contributed by atoms with E-state index < -0.39 is 0 Å². The van der Waals surface area contributed by atoms with Gasteiger partial charge in [-0.3, -0.25) is 4.79 Å². The minimum Gasteiger partial charge on any atom is -0.353 e. The van der Waals surface area contributed by atoms with Gasteiger partial charge in [-0.2, -0.15) is 0 Å². The third-order valence-corrected chi connectivity index (χ3v) is 3.54. The van der Waals surface area contributed by atoms with Crippen LogP contribution in [0.4, 0.5) is 11.6 Å². The summed E-state index contributed by atoms with van der Waals surface area (Å²) in [6, 6.07) is 1.59. The fourth-order valence-corrected chi connectivity index (χ4v) is 2.39. The van der Waals surface area contributed by atoms with E-state index >= 15 is 0 Å². The van der Waals surface area contributed by atoms with Crippen LogP contribution >= 0.6 is 0 Å². The fraction of sp³-hybridized carbons (Fsp3) is 0.643. The van der Waals surface area contributed by atoms with Crippen LogP contribution in [0.15, 0.2) is 6.07 Å². The van der Waals surface area contributed by atoms with E-state index in [1.54, 1.807) is 6.07 Å². The van der Waals surface area contributed by atoms with E-state index in [-0.39, 0.29) is 17.4 Å². The van der Waals surface area contributed by atoms with Gasteiger partial charge >= 0.3 is 0 Å². The van der Waals surface area contributed by atoms with Gasteiger partial charge in [0.15, 0.2) is 0 Å². The second-order valence-corrected chi connectivity index (χ2v) is 6.24. The molecule has 7 nitrogen and oxygen atoms in total. The van der Waals surface area contributed by atoms with Crippen LogP contribution in [0.5, 0.6) is 0 Å². The molecule has 21 heavy (non-hydrogen) atoms. The lowest BCUT2D eigenvalue weighted by Gasteiger charge is -2.36. The number of hydrazine groups is 1. The average Bonchev–Trinajstić information content (AvgIpc) is 2.45. The van der Waals surface area contributed by atoms with Crippen LogP contribution in [0.1, 0.15) is 39.9 Å². The fourth-order valence-electron chi connectivity index (χ4n) is 2.39. The summed E-state index contributed by atoms with van der Waals surface area (Å²) in [7, 11) is 0. The topological polar surface area (TPSA) is 96.2 Å². The van der Waals surface area contributed by atoms with Crippen molar-refractivity contribution in [2.45, 2.75) is 45.6 Å². The van der Waals surface area contributed by atoms with Gasteiger partial charge < -0.3 is 15.6 Å². The Morgan fingerprint density at radius 3 is 2.76 bits per heavy atom. The van der Waals surface area contributed by atoms with Crippen molar-refractivity contribution < 1.29 is 4.79 Å². The molecular formula is C14H24N6O. The Balaban J connectivity index is 2.44. The Kier molecular flexibility index (Phi) is 4.32. The van der Waals surface area contributed by atoms with Gasteiger partial charge in [0.2, 0.25) is 5.91 Å². The van der Waals surface area contributed by atoms with Crippen LogP contribution in [0.25, 0.3) is 0 Å². The first kappa shape index (κ1) is 15.5. The number of aromatic nitrogens is 2. The second-order valence-electron chi connectivity index (χ2n) is 6.24. The first-order valence-electron chi connectivity index (χ1n) is 7.27. The molecule has 1 amide bonds. The Labute approximate surface area is 125 Å². The number of nitrogens with one attached hydrogen (secondary N) is 2. The van der Waals surface area contributed by atoms with Gasteiger partial charge in [0.1, 0.15) is 23.5 Å². The molecule has 0 radical (unpaired) electrons. The monoisotopic (exact) mass is 292 g/mol. The van der Waals surface area contributed by atoms with E-state index in [4.69, 9.17) is 5.84 Å². The highest BCUT2D eigenvalue weighted by molar-refractivity contribution is 5.86. The molecule has 1 unspecified atom stereocenters. The first-order valence-corrected chi connectivity index (χ1v) is 7.27. The van der Waals surface area contributed by atoms with Crippen LogP contribution in [0.3, 0.4) is 0 Å². The number of nitrogens with two attached hydrogens (primary N) is 1. The molecule has 1 atom stereocenters. The third-order valence-electron chi connectivity index (χ3n) is 3.54. The predicted octanol–water partition coefficient (Wildman–Crippen LogP) is 0.774. The lowest BCUT2D eigenvalue weighted by atomic mass is 9.95. The molecule has 1 saturated heterocycles. The smallest absolute Gasteiger partial charge is 0.242 e. The molecule has 1 fully saturated rings. The SMILES string of the molecule is CCC1C(=O)NCCN1c1cc(NN)nc(C(C)(C)C)n1. The van der Waals surface area contributed by atoms with E-state index in [9.17, 15) is 4.79 Å². The molecule has 116 valence electrons. The van der Waals surface area contributed by atoms with Gasteiger partial charge in [-0.15, -0.1) is 0 Å². The van der Waals surface area contributed by atoms with Crippen molar-refractivity contribution in [3.8, 4) is 0 Å². The van der Waals surface area contributed by atoms with Crippen LogP contribution in [0.2, 0.25) is 0 Å². The molecule has 0 aliphatic carbocycles. The van der Waals surface area contributed by atoms with E-state index in [0.29, 0.717) is 18.2 Å². The van der Waals surface area contributed by atoms with E-state index in [1.807, 2.05) is 32.6 Å². The zero-order valence-electron chi connectivity index (χ0n) is 13.1. The number of hydrogen-bond donors (Lipinski definition) is 3. The average molecular weight is 292 g/mol. The maximum absolute atomic E-state index is 12.0. The van der Waals surface area contributed by atoms with Gasteiger partial charge in [-0.05, 0) is 6.42 Å². The van der Waals surface area contributed by atoms with E-state index in [2.05, 4.69) is 20.7 Å². The van der Waals surface area contributed by atoms with Crippen molar-refractivity contribution in [1.29, 1.82) is 0 Å². The molecule has 7 heteroatoms. The Morgan fingerprint density at radius 1 is 1.48 bits per heavy atom. The largest absolute Gasteiger partial charge is 0.353 e. The molecule has 2 heterocycles. The first-order chi connectivity index (χ1) is 9.86. The number of anilines is 2. The van der Waals surface area contributed by atoms with Crippen molar-refractivity contribution >= 4 is 17.5 Å². The van der Waals surface area contributed by atoms with Crippen molar-refractivity contribution in [3.63, 3.8) is 0 Å².